The molecule has 2 atom stereocenters. The molecule has 2 aliphatic rings. The van der Waals surface area contributed by atoms with Crippen molar-refractivity contribution < 1.29 is 23.1 Å². The third-order valence-electron chi connectivity index (χ3n) is 5.95. The molecule has 2 N–H and O–H groups in total. The van der Waals surface area contributed by atoms with E-state index in [1.165, 1.54) is 29.5 Å². The molecule has 170 valence electrons. The summed E-state index contributed by atoms with van der Waals surface area (Å²) >= 11 is 0. The van der Waals surface area contributed by atoms with E-state index in [0.717, 1.165) is 5.84 Å². The third-order valence-corrected chi connectivity index (χ3v) is 5.95. The molecule has 3 aromatic rings. The first-order chi connectivity index (χ1) is 15.8. The van der Waals surface area contributed by atoms with Crippen LogP contribution in [0.3, 0.4) is 0 Å². The second-order valence-corrected chi connectivity index (χ2v) is 8.12. The number of aliphatic imine (C=N–C) groups is 1. The molecule has 5 rings (SSSR count). The Hall–Kier alpha value is -3.61. The van der Waals surface area contributed by atoms with Crippen LogP contribution >= 0.6 is 0 Å². The lowest BCUT2D eigenvalue weighted by Crippen LogP contribution is -2.33. The van der Waals surface area contributed by atoms with Gasteiger partial charge in [0.1, 0.15) is 11.9 Å². The molecule has 1 heterocycles. The Kier molecular flexibility index (Phi) is 6.22. The summed E-state index contributed by atoms with van der Waals surface area (Å²) < 4.78 is 31.7. The van der Waals surface area contributed by atoms with Gasteiger partial charge in [0.25, 0.3) is 0 Å². The van der Waals surface area contributed by atoms with Gasteiger partial charge in [-0.2, -0.15) is 13.2 Å². The van der Waals surface area contributed by atoms with Crippen LogP contribution < -0.4 is 5.32 Å². The van der Waals surface area contributed by atoms with Crippen LogP contribution in [0.5, 0.6) is 0 Å². The lowest BCUT2D eigenvalue weighted by atomic mass is 9.93. The summed E-state index contributed by atoms with van der Waals surface area (Å²) in [6, 6.07) is 32.5. The second kappa shape index (κ2) is 9.10. The van der Waals surface area contributed by atoms with E-state index >= 15 is 0 Å². The molecule has 1 aliphatic carbocycles. The van der Waals surface area contributed by atoms with Crippen molar-refractivity contribution in [3.8, 4) is 0 Å². The number of amidine groups is 1. The Morgan fingerprint density at radius 2 is 1.30 bits per heavy atom. The zero-order valence-corrected chi connectivity index (χ0v) is 17.7. The molecule has 1 aliphatic heterocycles. The number of halogens is 3. The average molecular weight is 452 g/mol. The summed E-state index contributed by atoms with van der Waals surface area (Å²) in [5, 5.41) is 10.9. The predicted molar refractivity (Wildman–Crippen MR) is 120 cm³/mol. The van der Waals surface area contributed by atoms with Crippen molar-refractivity contribution in [1.29, 1.82) is 0 Å². The number of carbonyl (C=O) groups is 1. The Bertz CT molecular complexity index is 1110. The maximum atomic E-state index is 10.6. The zero-order chi connectivity index (χ0) is 23.5. The molecule has 1 saturated carbocycles. The van der Waals surface area contributed by atoms with Crippen LogP contribution in [0.25, 0.3) is 0 Å². The summed E-state index contributed by atoms with van der Waals surface area (Å²) in [6.45, 7) is 0. The van der Waals surface area contributed by atoms with Crippen molar-refractivity contribution in [1.82, 2.24) is 5.32 Å². The molecule has 0 saturated heterocycles. The highest BCUT2D eigenvalue weighted by molar-refractivity contribution is 5.97. The molecule has 33 heavy (non-hydrogen) atoms. The summed E-state index contributed by atoms with van der Waals surface area (Å²) in [6.07, 6.45) is -2.74. The largest absolute Gasteiger partial charge is 0.490 e. The van der Waals surface area contributed by atoms with Gasteiger partial charge in [0, 0.05) is 0 Å². The fraction of sp³-hybridized carbons (Fsp3) is 0.231. The van der Waals surface area contributed by atoms with Gasteiger partial charge in [-0.15, -0.1) is 0 Å². The molecule has 7 heteroatoms. The van der Waals surface area contributed by atoms with E-state index in [1.54, 1.807) is 0 Å². The summed E-state index contributed by atoms with van der Waals surface area (Å²) in [5.41, 5.74) is 4.03. The van der Waals surface area contributed by atoms with Crippen LogP contribution in [0.4, 0.5) is 13.2 Å². The number of alkyl halides is 3. The van der Waals surface area contributed by atoms with Crippen LogP contribution in [0.15, 0.2) is 96.0 Å². The maximum Gasteiger partial charge on any atom is 0.490 e. The van der Waals surface area contributed by atoms with E-state index in [0.29, 0.717) is 0 Å². The molecule has 4 nitrogen and oxygen atoms in total. The zero-order valence-electron chi connectivity index (χ0n) is 17.7. The Morgan fingerprint density at radius 3 is 1.76 bits per heavy atom. The van der Waals surface area contributed by atoms with Crippen LogP contribution in [-0.4, -0.2) is 23.1 Å². The van der Waals surface area contributed by atoms with Crippen molar-refractivity contribution >= 4 is 11.8 Å². The standard InChI is InChI=1S/C24H22N2.C2HF3O2/c1-4-10-18(11-5-1)21-22(19-12-6-2-7-13-19)26-23(25-21)24(16-17-24)20-14-8-3-9-15-20;3-2(4,5)1(6)7/h1-15,21-22H,16-17H2,(H,25,26);(H,6,7)/t21-,22+;. The molecule has 0 unspecified atom stereocenters. The Morgan fingerprint density at radius 1 is 0.848 bits per heavy atom. The van der Waals surface area contributed by atoms with Gasteiger partial charge in [-0.1, -0.05) is 91.0 Å². The highest BCUT2D eigenvalue weighted by atomic mass is 19.4. The number of nitrogens with one attached hydrogen (secondary N) is 1. The van der Waals surface area contributed by atoms with Crippen molar-refractivity contribution in [2.75, 3.05) is 0 Å². The number of carboxylic acids is 1. The fourth-order valence-electron chi connectivity index (χ4n) is 4.13. The van der Waals surface area contributed by atoms with Crippen LogP contribution in [0.1, 0.15) is 41.6 Å². The number of carboxylic acid groups (broad SMARTS) is 1. The van der Waals surface area contributed by atoms with E-state index in [1.807, 2.05) is 0 Å². The van der Waals surface area contributed by atoms with Gasteiger partial charge >= 0.3 is 12.1 Å². The minimum Gasteiger partial charge on any atom is -0.475 e. The average Bonchev–Trinajstić information content (AvgIpc) is 3.52. The number of benzene rings is 3. The summed E-state index contributed by atoms with van der Waals surface area (Å²) in [5.74, 6) is -1.60. The van der Waals surface area contributed by atoms with Gasteiger partial charge in [0.2, 0.25) is 0 Å². The van der Waals surface area contributed by atoms with Crippen molar-refractivity contribution in [3.05, 3.63) is 108 Å². The molecular formula is C26H23F3N2O2. The first kappa shape index (κ1) is 22.6. The number of hydrogen-bond donors (Lipinski definition) is 2. The summed E-state index contributed by atoms with van der Waals surface area (Å²) in [7, 11) is 0. The molecule has 1 fully saturated rings. The van der Waals surface area contributed by atoms with Gasteiger partial charge in [0.15, 0.2) is 0 Å². The molecule has 0 bridgehead atoms. The molecule has 0 radical (unpaired) electrons. The number of nitrogens with zero attached hydrogens (tertiary/aromatic N) is 1. The highest BCUT2D eigenvalue weighted by Crippen LogP contribution is 2.52. The lowest BCUT2D eigenvalue weighted by molar-refractivity contribution is -0.192. The minimum absolute atomic E-state index is 0.0812. The van der Waals surface area contributed by atoms with Crippen molar-refractivity contribution in [2.45, 2.75) is 36.5 Å². The minimum atomic E-state index is -5.08. The third kappa shape index (κ3) is 4.92. The molecule has 0 spiro atoms. The van der Waals surface area contributed by atoms with Crippen LogP contribution in [0.2, 0.25) is 0 Å². The normalized spacial score (nSPS) is 20.6. The topological polar surface area (TPSA) is 61.7 Å². The quantitative estimate of drug-likeness (QED) is 0.523. The predicted octanol–water partition coefficient (Wildman–Crippen LogP) is 5.84. The monoisotopic (exact) mass is 452 g/mol. The number of hydrogen-bond acceptors (Lipinski definition) is 3. The maximum absolute atomic E-state index is 10.6. The van der Waals surface area contributed by atoms with E-state index in [2.05, 4.69) is 96.3 Å². The molecule has 0 amide bonds. The first-order valence-corrected chi connectivity index (χ1v) is 10.6. The van der Waals surface area contributed by atoms with Crippen LogP contribution in [0, 0.1) is 0 Å². The summed E-state index contributed by atoms with van der Waals surface area (Å²) in [4.78, 5) is 14.1. The highest BCUT2D eigenvalue weighted by Gasteiger charge is 2.52. The van der Waals surface area contributed by atoms with E-state index < -0.39 is 12.1 Å². The van der Waals surface area contributed by atoms with Crippen molar-refractivity contribution in [3.63, 3.8) is 0 Å². The number of rotatable bonds is 4. The fourth-order valence-corrected chi connectivity index (χ4v) is 4.13. The lowest BCUT2D eigenvalue weighted by Gasteiger charge is -2.21. The SMILES string of the molecule is O=C(O)C(F)(F)F.c1ccc([C@H]2NC(C3(c4ccccc4)CC3)=N[C@H]2c2ccccc2)cc1. The van der Waals surface area contributed by atoms with Gasteiger partial charge in [-0.3, -0.25) is 4.99 Å². The van der Waals surface area contributed by atoms with Gasteiger partial charge in [-0.05, 0) is 29.5 Å². The Labute approximate surface area is 189 Å². The van der Waals surface area contributed by atoms with Crippen LogP contribution in [-0.2, 0) is 10.2 Å². The van der Waals surface area contributed by atoms with Gasteiger partial charge < -0.3 is 10.4 Å². The second-order valence-electron chi connectivity index (χ2n) is 8.12. The number of aliphatic carboxylic acids is 1. The molecule has 0 aromatic heterocycles. The van der Waals surface area contributed by atoms with Gasteiger partial charge in [-0.25, -0.2) is 4.79 Å². The van der Waals surface area contributed by atoms with Crippen molar-refractivity contribution in [2.24, 2.45) is 4.99 Å². The first-order valence-electron chi connectivity index (χ1n) is 10.6. The smallest absolute Gasteiger partial charge is 0.475 e. The Balaban J connectivity index is 0.000000325. The van der Waals surface area contributed by atoms with E-state index in [9.17, 15) is 13.2 Å². The van der Waals surface area contributed by atoms with Gasteiger partial charge in [0.05, 0.1) is 11.5 Å². The molecule has 3 aromatic carbocycles. The molecular weight excluding hydrogens is 429 g/mol. The van der Waals surface area contributed by atoms with E-state index in [-0.39, 0.29) is 17.5 Å². The van der Waals surface area contributed by atoms with E-state index in [4.69, 9.17) is 14.9 Å².